The zero-order chi connectivity index (χ0) is 8.97. The SMILES string of the molecule is CNCCN1CCC(C)C(O)C1. The number of nitrogens with zero attached hydrogens (tertiary/aromatic N) is 1. The van der Waals surface area contributed by atoms with E-state index < -0.39 is 0 Å². The Balaban J connectivity index is 2.21. The molecule has 0 aromatic heterocycles. The lowest BCUT2D eigenvalue weighted by atomic mass is 9.96. The third kappa shape index (κ3) is 2.73. The molecule has 0 spiro atoms. The van der Waals surface area contributed by atoms with Gasteiger partial charge >= 0.3 is 0 Å². The standard InChI is InChI=1S/C9H20N2O/c1-8-3-5-11(6-4-10-2)7-9(8)12/h8-10,12H,3-7H2,1-2H3. The average molecular weight is 172 g/mol. The molecule has 3 heteroatoms. The van der Waals surface area contributed by atoms with E-state index in [0.29, 0.717) is 5.92 Å². The third-order valence-electron chi connectivity index (χ3n) is 2.68. The Hall–Kier alpha value is -0.120. The number of hydrogen-bond acceptors (Lipinski definition) is 3. The number of rotatable bonds is 3. The van der Waals surface area contributed by atoms with Gasteiger partial charge in [-0.15, -0.1) is 0 Å². The fourth-order valence-electron chi connectivity index (χ4n) is 1.59. The number of hydrogen-bond donors (Lipinski definition) is 2. The van der Waals surface area contributed by atoms with Crippen LogP contribution in [0.2, 0.25) is 0 Å². The van der Waals surface area contributed by atoms with Crippen molar-refractivity contribution in [3.63, 3.8) is 0 Å². The van der Waals surface area contributed by atoms with Crippen molar-refractivity contribution < 1.29 is 5.11 Å². The van der Waals surface area contributed by atoms with Crippen molar-refractivity contribution in [2.75, 3.05) is 33.2 Å². The molecule has 72 valence electrons. The van der Waals surface area contributed by atoms with Crippen LogP contribution in [0.1, 0.15) is 13.3 Å². The quantitative estimate of drug-likeness (QED) is 0.624. The molecule has 0 aliphatic carbocycles. The second-order valence-corrected chi connectivity index (χ2v) is 3.74. The second-order valence-electron chi connectivity index (χ2n) is 3.74. The minimum atomic E-state index is -0.115. The van der Waals surface area contributed by atoms with Gasteiger partial charge in [0.2, 0.25) is 0 Å². The number of aliphatic hydroxyl groups excluding tert-OH is 1. The van der Waals surface area contributed by atoms with Crippen LogP contribution in [0.25, 0.3) is 0 Å². The Morgan fingerprint density at radius 1 is 1.58 bits per heavy atom. The van der Waals surface area contributed by atoms with E-state index in [1.807, 2.05) is 7.05 Å². The fourth-order valence-corrected chi connectivity index (χ4v) is 1.59. The lowest BCUT2D eigenvalue weighted by Gasteiger charge is -2.34. The first kappa shape index (κ1) is 9.96. The highest BCUT2D eigenvalue weighted by molar-refractivity contribution is 4.77. The summed E-state index contributed by atoms with van der Waals surface area (Å²) in [5.74, 6) is 0.482. The van der Waals surface area contributed by atoms with E-state index in [1.165, 1.54) is 0 Å². The van der Waals surface area contributed by atoms with Crippen molar-refractivity contribution in [1.29, 1.82) is 0 Å². The van der Waals surface area contributed by atoms with Crippen molar-refractivity contribution in [3.8, 4) is 0 Å². The monoisotopic (exact) mass is 172 g/mol. The van der Waals surface area contributed by atoms with E-state index in [1.54, 1.807) is 0 Å². The first-order valence-electron chi connectivity index (χ1n) is 4.79. The van der Waals surface area contributed by atoms with Crippen molar-refractivity contribution in [3.05, 3.63) is 0 Å². The maximum absolute atomic E-state index is 9.59. The van der Waals surface area contributed by atoms with Crippen LogP contribution < -0.4 is 5.32 Å². The number of β-amino-alcohol motifs (C(OH)–C–C–N with tert-alkyl or cyclic N) is 1. The molecule has 1 aliphatic heterocycles. The lowest BCUT2D eigenvalue weighted by molar-refractivity contribution is 0.0300. The summed E-state index contributed by atoms with van der Waals surface area (Å²) in [6, 6.07) is 0. The Labute approximate surface area is 74.8 Å². The van der Waals surface area contributed by atoms with Crippen LogP contribution in [0.3, 0.4) is 0 Å². The van der Waals surface area contributed by atoms with Crippen LogP contribution in [-0.2, 0) is 0 Å². The maximum Gasteiger partial charge on any atom is 0.0693 e. The Morgan fingerprint density at radius 2 is 2.33 bits per heavy atom. The van der Waals surface area contributed by atoms with E-state index in [9.17, 15) is 5.11 Å². The zero-order valence-electron chi connectivity index (χ0n) is 8.08. The Kier molecular flexibility index (Phi) is 3.98. The number of nitrogens with one attached hydrogen (secondary N) is 1. The smallest absolute Gasteiger partial charge is 0.0693 e. The Morgan fingerprint density at radius 3 is 2.92 bits per heavy atom. The maximum atomic E-state index is 9.59. The topological polar surface area (TPSA) is 35.5 Å². The summed E-state index contributed by atoms with van der Waals surface area (Å²) < 4.78 is 0. The second kappa shape index (κ2) is 4.80. The van der Waals surface area contributed by atoms with Gasteiger partial charge in [-0.3, -0.25) is 4.90 Å². The summed E-state index contributed by atoms with van der Waals surface area (Å²) >= 11 is 0. The number of aliphatic hydroxyl groups is 1. The van der Waals surface area contributed by atoms with Gasteiger partial charge in [-0.2, -0.15) is 0 Å². The molecule has 12 heavy (non-hydrogen) atoms. The largest absolute Gasteiger partial charge is 0.392 e. The highest BCUT2D eigenvalue weighted by atomic mass is 16.3. The predicted octanol–water partition coefficient (Wildman–Crippen LogP) is -0.0915. The van der Waals surface area contributed by atoms with Gasteiger partial charge in [0, 0.05) is 19.6 Å². The molecule has 2 unspecified atom stereocenters. The molecule has 0 saturated carbocycles. The highest BCUT2D eigenvalue weighted by Gasteiger charge is 2.23. The van der Waals surface area contributed by atoms with Gasteiger partial charge < -0.3 is 10.4 Å². The lowest BCUT2D eigenvalue weighted by Crippen LogP contribution is -2.44. The molecule has 1 saturated heterocycles. The molecule has 2 atom stereocenters. The molecule has 1 rings (SSSR count). The van der Waals surface area contributed by atoms with Gasteiger partial charge in [0.15, 0.2) is 0 Å². The van der Waals surface area contributed by atoms with E-state index in [0.717, 1.165) is 32.6 Å². The summed E-state index contributed by atoms with van der Waals surface area (Å²) in [5.41, 5.74) is 0. The fraction of sp³-hybridized carbons (Fsp3) is 1.00. The first-order chi connectivity index (χ1) is 5.74. The van der Waals surface area contributed by atoms with Crippen LogP contribution in [0, 0.1) is 5.92 Å². The van der Waals surface area contributed by atoms with Gasteiger partial charge in [-0.25, -0.2) is 0 Å². The average Bonchev–Trinajstić information content (AvgIpc) is 2.07. The first-order valence-corrected chi connectivity index (χ1v) is 4.79. The zero-order valence-corrected chi connectivity index (χ0v) is 8.08. The molecule has 1 fully saturated rings. The van der Waals surface area contributed by atoms with Crippen LogP contribution in [0.4, 0.5) is 0 Å². The molecule has 1 heterocycles. The molecule has 0 aromatic rings. The molecule has 0 bridgehead atoms. The summed E-state index contributed by atoms with van der Waals surface area (Å²) in [7, 11) is 1.96. The molecule has 3 nitrogen and oxygen atoms in total. The summed E-state index contributed by atoms with van der Waals surface area (Å²) in [6.07, 6.45) is 1.01. The summed E-state index contributed by atoms with van der Waals surface area (Å²) in [4.78, 5) is 2.32. The van der Waals surface area contributed by atoms with Gasteiger partial charge in [-0.1, -0.05) is 6.92 Å². The Bertz CT molecular complexity index is 128. The number of piperidine rings is 1. The molecule has 0 radical (unpaired) electrons. The summed E-state index contributed by atoms with van der Waals surface area (Å²) in [5, 5.41) is 12.7. The molecular formula is C9H20N2O. The molecule has 0 aromatic carbocycles. The normalized spacial score (nSPS) is 32.2. The van der Waals surface area contributed by atoms with Crippen LogP contribution >= 0.6 is 0 Å². The minimum Gasteiger partial charge on any atom is -0.392 e. The van der Waals surface area contributed by atoms with Crippen molar-refractivity contribution >= 4 is 0 Å². The van der Waals surface area contributed by atoms with Gasteiger partial charge in [0.1, 0.15) is 0 Å². The van der Waals surface area contributed by atoms with Crippen molar-refractivity contribution in [1.82, 2.24) is 10.2 Å². The molecule has 0 amide bonds. The molecule has 1 aliphatic rings. The summed E-state index contributed by atoms with van der Waals surface area (Å²) in [6.45, 7) is 6.18. The minimum absolute atomic E-state index is 0.115. The highest BCUT2D eigenvalue weighted by Crippen LogP contribution is 2.15. The predicted molar refractivity (Wildman–Crippen MR) is 50.2 cm³/mol. The van der Waals surface area contributed by atoms with Gasteiger partial charge in [0.05, 0.1) is 6.10 Å². The van der Waals surface area contributed by atoms with Crippen LogP contribution in [0.5, 0.6) is 0 Å². The van der Waals surface area contributed by atoms with E-state index >= 15 is 0 Å². The van der Waals surface area contributed by atoms with Gasteiger partial charge in [-0.05, 0) is 25.9 Å². The molecular weight excluding hydrogens is 152 g/mol. The number of likely N-dealkylation sites (N-methyl/N-ethyl adjacent to an activating group) is 1. The van der Waals surface area contributed by atoms with E-state index in [2.05, 4.69) is 17.1 Å². The number of likely N-dealkylation sites (tertiary alicyclic amines) is 1. The van der Waals surface area contributed by atoms with Crippen molar-refractivity contribution in [2.24, 2.45) is 5.92 Å². The molecule has 2 N–H and O–H groups in total. The van der Waals surface area contributed by atoms with E-state index in [4.69, 9.17) is 0 Å². The van der Waals surface area contributed by atoms with Crippen LogP contribution in [0.15, 0.2) is 0 Å². The van der Waals surface area contributed by atoms with Crippen LogP contribution in [-0.4, -0.2) is 49.3 Å². The van der Waals surface area contributed by atoms with E-state index in [-0.39, 0.29) is 6.10 Å². The van der Waals surface area contributed by atoms with Gasteiger partial charge in [0.25, 0.3) is 0 Å². The van der Waals surface area contributed by atoms with Crippen molar-refractivity contribution in [2.45, 2.75) is 19.4 Å². The third-order valence-corrected chi connectivity index (χ3v) is 2.68.